The number of H-pyrrole nitrogens is 1. The molecule has 2 aromatic heterocycles. The van der Waals surface area contributed by atoms with Gasteiger partial charge in [0.25, 0.3) is 0 Å². The van der Waals surface area contributed by atoms with Crippen LogP contribution in [0.5, 0.6) is 5.88 Å². The summed E-state index contributed by atoms with van der Waals surface area (Å²) in [5.74, 6) is 1.88. The van der Waals surface area contributed by atoms with Gasteiger partial charge in [0.2, 0.25) is 5.88 Å². The van der Waals surface area contributed by atoms with Gasteiger partial charge in [0.05, 0.1) is 0 Å². The Morgan fingerprint density at radius 1 is 1.32 bits per heavy atom. The maximum atomic E-state index is 10.1. The smallest absolute Gasteiger partial charge is 0.237 e. The van der Waals surface area contributed by atoms with Gasteiger partial charge < -0.3 is 14.8 Å². The number of aliphatic imine (C=N–C) groups is 1. The number of aromatic hydroxyl groups is 1. The average molecular weight is 296 g/mol. The Morgan fingerprint density at radius 2 is 2.18 bits per heavy atom. The number of hydrogen-bond acceptors (Lipinski definition) is 5. The van der Waals surface area contributed by atoms with Crippen LogP contribution in [0.2, 0.25) is 0 Å². The van der Waals surface area contributed by atoms with E-state index in [0.717, 1.165) is 43.0 Å². The molecule has 1 saturated heterocycles. The number of aromatic nitrogens is 3. The molecule has 2 aliphatic rings. The lowest BCUT2D eigenvalue weighted by Gasteiger charge is -2.19. The van der Waals surface area contributed by atoms with Crippen LogP contribution >= 0.6 is 0 Å². The zero-order valence-electron chi connectivity index (χ0n) is 12.0. The fourth-order valence-corrected chi connectivity index (χ4v) is 2.86. The van der Waals surface area contributed by atoms with E-state index in [1.165, 1.54) is 0 Å². The first kappa shape index (κ1) is 13.2. The zero-order chi connectivity index (χ0) is 14.9. The van der Waals surface area contributed by atoms with E-state index in [1.807, 2.05) is 18.2 Å². The van der Waals surface area contributed by atoms with E-state index in [-0.39, 0.29) is 5.88 Å². The van der Waals surface area contributed by atoms with Crippen LogP contribution < -0.4 is 0 Å². The molecule has 0 bridgehead atoms. The fourth-order valence-electron chi connectivity index (χ4n) is 2.86. The molecule has 0 radical (unpaired) electrons. The molecule has 2 N–H and O–H groups in total. The van der Waals surface area contributed by atoms with Gasteiger partial charge in [-0.1, -0.05) is 0 Å². The van der Waals surface area contributed by atoms with Crippen LogP contribution in [-0.4, -0.2) is 39.5 Å². The molecule has 2 aromatic rings. The molecule has 6 heteroatoms. The third-order valence-corrected chi connectivity index (χ3v) is 4.06. The maximum Gasteiger partial charge on any atom is 0.237 e. The molecule has 0 aromatic carbocycles. The number of fused-ring (bicyclic) bond motifs is 1. The first-order chi connectivity index (χ1) is 10.8. The van der Waals surface area contributed by atoms with Crippen molar-refractivity contribution in [3.05, 3.63) is 35.4 Å². The lowest BCUT2D eigenvalue weighted by molar-refractivity contribution is 0.0837. The van der Waals surface area contributed by atoms with Crippen LogP contribution in [0.25, 0.3) is 11.6 Å². The zero-order valence-corrected chi connectivity index (χ0v) is 12.0. The van der Waals surface area contributed by atoms with Gasteiger partial charge in [0.15, 0.2) is 5.82 Å². The Labute approximate surface area is 127 Å². The second kappa shape index (κ2) is 5.38. The average Bonchev–Trinajstić information content (AvgIpc) is 3.13. The highest BCUT2D eigenvalue weighted by molar-refractivity contribution is 6.20. The Bertz CT molecular complexity index is 757. The number of aromatic amines is 1. The van der Waals surface area contributed by atoms with Gasteiger partial charge in [0.1, 0.15) is 11.5 Å². The number of nitrogens with one attached hydrogen (secondary N) is 1. The first-order valence-electron chi connectivity index (χ1n) is 7.39. The summed E-state index contributed by atoms with van der Waals surface area (Å²) in [5.41, 5.74) is 2.49. The minimum absolute atomic E-state index is 0.0275. The van der Waals surface area contributed by atoms with Crippen molar-refractivity contribution in [3.8, 4) is 5.88 Å². The molecule has 0 aliphatic carbocycles. The summed E-state index contributed by atoms with van der Waals surface area (Å²) < 4.78 is 5.36. The molecule has 0 amide bonds. The van der Waals surface area contributed by atoms with Crippen LogP contribution in [0.15, 0.2) is 23.3 Å². The molecule has 4 heterocycles. The number of ether oxygens (including phenoxy) is 1. The van der Waals surface area contributed by atoms with Crippen molar-refractivity contribution in [1.82, 2.24) is 15.0 Å². The van der Waals surface area contributed by atoms with Gasteiger partial charge in [-0.15, -0.1) is 0 Å². The van der Waals surface area contributed by atoms with E-state index >= 15 is 0 Å². The molecule has 2 aliphatic heterocycles. The molecule has 0 atom stereocenters. The van der Waals surface area contributed by atoms with E-state index in [4.69, 9.17) is 4.74 Å². The van der Waals surface area contributed by atoms with Gasteiger partial charge in [0, 0.05) is 42.7 Å². The van der Waals surface area contributed by atoms with Gasteiger partial charge in [-0.25, -0.2) is 9.98 Å². The molecule has 1 fully saturated rings. The number of pyridine rings is 1. The Hall–Kier alpha value is -2.47. The second-order valence-electron chi connectivity index (χ2n) is 5.48. The van der Waals surface area contributed by atoms with Crippen molar-refractivity contribution in [3.63, 3.8) is 0 Å². The Morgan fingerprint density at radius 3 is 3.05 bits per heavy atom. The van der Waals surface area contributed by atoms with Gasteiger partial charge in [-0.3, -0.25) is 0 Å². The number of imidazole rings is 1. The summed E-state index contributed by atoms with van der Waals surface area (Å²) in [7, 11) is 0. The highest BCUT2D eigenvalue weighted by Gasteiger charge is 2.21. The number of hydrogen-bond donors (Lipinski definition) is 2. The van der Waals surface area contributed by atoms with Crippen LogP contribution in [-0.2, 0) is 4.74 Å². The first-order valence-corrected chi connectivity index (χ1v) is 7.39. The lowest BCUT2D eigenvalue weighted by Crippen LogP contribution is -2.15. The predicted molar refractivity (Wildman–Crippen MR) is 83.3 cm³/mol. The molecule has 112 valence electrons. The summed E-state index contributed by atoms with van der Waals surface area (Å²) in [6.45, 7) is 1.49. The van der Waals surface area contributed by atoms with E-state index < -0.39 is 0 Å². The van der Waals surface area contributed by atoms with E-state index in [1.54, 1.807) is 12.4 Å². The van der Waals surface area contributed by atoms with Crippen LogP contribution in [0.1, 0.15) is 35.8 Å². The van der Waals surface area contributed by atoms with Gasteiger partial charge >= 0.3 is 0 Å². The van der Waals surface area contributed by atoms with Crippen LogP contribution in [0.4, 0.5) is 5.82 Å². The van der Waals surface area contributed by atoms with E-state index in [2.05, 4.69) is 19.9 Å². The van der Waals surface area contributed by atoms with Gasteiger partial charge in [-0.05, 0) is 31.1 Å². The molecule has 6 nitrogen and oxygen atoms in total. The fraction of sp³-hybridized carbons (Fsp3) is 0.312. The van der Waals surface area contributed by atoms with Crippen molar-refractivity contribution in [2.24, 2.45) is 4.99 Å². The summed E-state index contributed by atoms with van der Waals surface area (Å²) in [4.78, 5) is 16.0. The standard InChI is InChI=1S/C16H16N4O2/c21-16-13(19-14(20-16)10-3-6-22-7-4-10)8-11-9-18-15-12(11)2-1-5-17-15/h1-2,5,8-10,21H,3-4,6-7H2,(H,19,20). The summed E-state index contributed by atoms with van der Waals surface area (Å²) in [6, 6.07) is 3.84. The summed E-state index contributed by atoms with van der Waals surface area (Å²) in [5, 5.41) is 10.1. The van der Waals surface area contributed by atoms with Crippen molar-refractivity contribution >= 4 is 23.7 Å². The molecule has 4 rings (SSSR count). The lowest BCUT2D eigenvalue weighted by atomic mass is 10.00. The molecule has 0 unspecified atom stereocenters. The van der Waals surface area contributed by atoms with Gasteiger partial charge in [-0.2, -0.15) is 4.98 Å². The predicted octanol–water partition coefficient (Wildman–Crippen LogP) is 2.66. The van der Waals surface area contributed by atoms with Crippen LogP contribution in [0, 0.1) is 0 Å². The molecule has 0 saturated carbocycles. The highest BCUT2D eigenvalue weighted by Crippen LogP contribution is 2.33. The molecular weight excluding hydrogens is 280 g/mol. The Balaban J connectivity index is 1.65. The summed E-state index contributed by atoms with van der Waals surface area (Å²) in [6.07, 6.45) is 7.19. The third kappa shape index (κ3) is 2.31. The number of allylic oxidation sites excluding steroid dienone is 1. The molecule has 0 spiro atoms. The van der Waals surface area contributed by atoms with Crippen molar-refractivity contribution in [1.29, 1.82) is 0 Å². The van der Waals surface area contributed by atoms with E-state index in [0.29, 0.717) is 17.4 Å². The Kier molecular flexibility index (Phi) is 3.23. The minimum Gasteiger partial charge on any atom is -0.492 e. The van der Waals surface area contributed by atoms with E-state index in [9.17, 15) is 5.11 Å². The number of rotatable bonds is 2. The molecular formula is C16H16N4O2. The third-order valence-electron chi connectivity index (χ3n) is 4.06. The van der Waals surface area contributed by atoms with Crippen molar-refractivity contribution < 1.29 is 9.84 Å². The monoisotopic (exact) mass is 296 g/mol. The second-order valence-corrected chi connectivity index (χ2v) is 5.48. The largest absolute Gasteiger partial charge is 0.492 e. The van der Waals surface area contributed by atoms with Crippen molar-refractivity contribution in [2.75, 3.05) is 13.2 Å². The highest BCUT2D eigenvalue weighted by atomic mass is 16.5. The summed E-state index contributed by atoms with van der Waals surface area (Å²) >= 11 is 0. The maximum absolute atomic E-state index is 10.1. The SMILES string of the molecule is Oc1nc(C2CCOCC2)[nH]c1C=C1C=Nc2ncccc21. The van der Waals surface area contributed by atoms with Crippen LogP contribution in [0.3, 0.4) is 0 Å². The normalized spacial score (nSPS) is 19.7. The molecule has 22 heavy (non-hydrogen) atoms. The van der Waals surface area contributed by atoms with Crippen molar-refractivity contribution in [2.45, 2.75) is 18.8 Å². The number of nitrogens with zero attached hydrogens (tertiary/aromatic N) is 3. The minimum atomic E-state index is 0.0275. The quantitative estimate of drug-likeness (QED) is 0.892. The topological polar surface area (TPSA) is 83.4 Å².